The summed E-state index contributed by atoms with van der Waals surface area (Å²) in [5.41, 5.74) is 1.72. The van der Waals surface area contributed by atoms with E-state index in [0.717, 1.165) is 45.3 Å². The Bertz CT molecular complexity index is 1630. The second-order valence-corrected chi connectivity index (χ2v) is 16.4. The molecule has 4 atom stereocenters. The SMILES string of the molecule is CCCc1cc(Cl)ccc1[C@@H]1COc2ccc3cc2N(C1)C[C@@H]1CC[C@H]1[C@@H](OCCN1CC(OC)C1)C=CCOC(C)(C)C(=O)NS3(=O)=O. The highest BCUT2D eigenvalue weighted by molar-refractivity contribution is 7.90. The maximum atomic E-state index is 13.6. The number of rotatable bonds is 8. The Morgan fingerprint density at radius 3 is 2.63 bits per heavy atom. The predicted octanol–water partition coefficient (Wildman–Crippen LogP) is 5.19. The summed E-state index contributed by atoms with van der Waals surface area (Å²) in [7, 11) is -2.44. The molecule has 0 aromatic heterocycles. The summed E-state index contributed by atoms with van der Waals surface area (Å²) in [6, 6.07) is 10.9. The lowest BCUT2D eigenvalue weighted by molar-refractivity contribution is -0.139. The van der Waals surface area contributed by atoms with Gasteiger partial charge in [0.25, 0.3) is 15.9 Å². The van der Waals surface area contributed by atoms with Crippen molar-refractivity contribution in [2.24, 2.45) is 11.8 Å². The highest BCUT2D eigenvalue weighted by Crippen LogP contribution is 2.43. The van der Waals surface area contributed by atoms with Crippen molar-refractivity contribution in [3.8, 4) is 5.75 Å². The zero-order valence-electron chi connectivity index (χ0n) is 29.0. The van der Waals surface area contributed by atoms with Crippen molar-refractivity contribution >= 4 is 33.2 Å². The van der Waals surface area contributed by atoms with Crippen molar-refractivity contribution in [3.05, 3.63) is 64.7 Å². The number of aryl methyl sites for hydroxylation is 1. The fraction of sp³-hybridized carbons (Fsp3) is 0.595. The molecule has 0 spiro atoms. The van der Waals surface area contributed by atoms with Crippen molar-refractivity contribution in [2.75, 3.05) is 64.6 Å². The van der Waals surface area contributed by atoms with Crippen LogP contribution in [0.25, 0.3) is 0 Å². The van der Waals surface area contributed by atoms with Crippen LogP contribution in [-0.2, 0) is 35.4 Å². The Morgan fingerprint density at radius 1 is 1.08 bits per heavy atom. The van der Waals surface area contributed by atoms with E-state index < -0.39 is 21.5 Å². The molecule has 10 nitrogen and oxygen atoms in total. The molecule has 2 bridgehead atoms. The predicted molar refractivity (Wildman–Crippen MR) is 190 cm³/mol. The first kappa shape index (κ1) is 36.1. The number of ether oxygens (including phenoxy) is 4. The van der Waals surface area contributed by atoms with E-state index in [2.05, 4.69) is 39.7 Å². The van der Waals surface area contributed by atoms with E-state index in [1.165, 1.54) is 17.2 Å². The van der Waals surface area contributed by atoms with Gasteiger partial charge >= 0.3 is 0 Å². The van der Waals surface area contributed by atoms with Crippen molar-refractivity contribution in [1.82, 2.24) is 9.62 Å². The van der Waals surface area contributed by atoms with Gasteiger partial charge in [-0.3, -0.25) is 9.69 Å². The third-order valence-corrected chi connectivity index (χ3v) is 12.1. The number of nitrogens with zero attached hydrogens (tertiary/aromatic N) is 2. The molecule has 3 heterocycles. The minimum Gasteiger partial charge on any atom is -0.491 e. The molecule has 1 aliphatic carbocycles. The van der Waals surface area contributed by atoms with E-state index in [0.29, 0.717) is 54.8 Å². The third-order valence-electron chi connectivity index (χ3n) is 10.5. The number of carbonyl (C=O) groups excluding carboxylic acids is 1. The van der Waals surface area contributed by atoms with E-state index in [4.69, 9.17) is 30.5 Å². The quantitative estimate of drug-likeness (QED) is 0.370. The lowest BCUT2D eigenvalue weighted by atomic mass is 9.70. The molecule has 1 amide bonds. The number of carbonyl (C=O) groups is 1. The van der Waals surface area contributed by atoms with Crippen molar-refractivity contribution in [1.29, 1.82) is 0 Å². The van der Waals surface area contributed by atoms with Gasteiger partial charge in [0.15, 0.2) is 0 Å². The van der Waals surface area contributed by atoms with Crippen LogP contribution in [-0.4, -0.2) is 96.7 Å². The van der Waals surface area contributed by atoms with Gasteiger partial charge in [0, 0.05) is 50.8 Å². The number of fused-ring (bicyclic) bond motifs is 2. The van der Waals surface area contributed by atoms with Gasteiger partial charge in [0.05, 0.1) is 42.6 Å². The lowest BCUT2D eigenvalue weighted by Gasteiger charge is -2.44. The molecule has 12 heteroatoms. The minimum absolute atomic E-state index is 0.000630. The highest BCUT2D eigenvalue weighted by Gasteiger charge is 2.40. The van der Waals surface area contributed by atoms with Gasteiger partial charge in [-0.15, -0.1) is 0 Å². The summed E-state index contributed by atoms with van der Waals surface area (Å²) in [6.45, 7) is 10.5. The van der Waals surface area contributed by atoms with Crippen LogP contribution in [0.2, 0.25) is 5.02 Å². The normalized spacial score (nSPS) is 27.2. The zero-order valence-corrected chi connectivity index (χ0v) is 30.6. The molecule has 2 aromatic carbocycles. The van der Waals surface area contributed by atoms with E-state index >= 15 is 0 Å². The second-order valence-electron chi connectivity index (χ2n) is 14.3. The second kappa shape index (κ2) is 15.3. The average Bonchev–Trinajstić information content (AvgIpc) is 3.21. The standard InChI is InChI=1S/C37H50ClN3O7S/c1-5-7-25-18-28(38)10-13-31(25)27-21-41-20-26-9-12-32(26)34(46-17-15-40-22-29(23-40)45-4)8-6-16-48-37(2,3)36(42)39-49(43,44)30-11-14-35(47-24-27)33(41)19-30/h6,8,10-11,13-14,18-19,26-27,29,32,34H,5,7,9,12,15-17,20-24H2,1-4H3,(H,39,42)/t26-,27-,32+,34-/m0/s1. The van der Waals surface area contributed by atoms with Crippen LogP contribution in [0.4, 0.5) is 5.69 Å². The Balaban J connectivity index is 1.33. The number of methoxy groups -OCH3 is 1. The Kier molecular flexibility index (Phi) is 11.3. The number of hydrogen-bond acceptors (Lipinski definition) is 9. The zero-order chi connectivity index (χ0) is 34.8. The summed E-state index contributed by atoms with van der Waals surface area (Å²) in [5.74, 6) is 0.503. The first-order valence-corrected chi connectivity index (χ1v) is 19.4. The molecule has 268 valence electrons. The molecule has 2 fully saturated rings. The molecule has 1 N–H and O–H groups in total. The smallest absolute Gasteiger partial charge is 0.265 e. The first-order chi connectivity index (χ1) is 23.5. The maximum absolute atomic E-state index is 13.6. The molecule has 0 unspecified atom stereocenters. The fourth-order valence-electron chi connectivity index (χ4n) is 7.31. The number of nitrogens with one attached hydrogen (secondary N) is 1. The first-order valence-electron chi connectivity index (χ1n) is 17.5. The van der Waals surface area contributed by atoms with Gasteiger partial charge < -0.3 is 23.8 Å². The van der Waals surface area contributed by atoms with Crippen LogP contribution < -0.4 is 14.4 Å². The van der Waals surface area contributed by atoms with E-state index in [-0.39, 0.29) is 29.4 Å². The van der Waals surface area contributed by atoms with Crippen LogP contribution in [0, 0.1) is 11.8 Å². The van der Waals surface area contributed by atoms with Gasteiger partial charge in [0.1, 0.15) is 11.4 Å². The minimum atomic E-state index is -4.19. The molecule has 4 aliphatic rings. The Morgan fingerprint density at radius 2 is 1.90 bits per heavy atom. The summed E-state index contributed by atoms with van der Waals surface area (Å²) < 4.78 is 53.8. The van der Waals surface area contributed by atoms with Gasteiger partial charge in [-0.25, -0.2) is 13.1 Å². The Hall–Kier alpha value is -2.67. The highest BCUT2D eigenvalue weighted by atomic mass is 35.5. The number of amides is 1. The number of benzene rings is 2. The van der Waals surface area contributed by atoms with Crippen LogP contribution in [0.15, 0.2) is 53.4 Å². The van der Waals surface area contributed by atoms with E-state index in [1.54, 1.807) is 33.1 Å². The van der Waals surface area contributed by atoms with Crippen molar-refractivity contribution < 1.29 is 32.2 Å². The largest absolute Gasteiger partial charge is 0.491 e. The molecule has 0 radical (unpaired) electrons. The third kappa shape index (κ3) is 8.29. The van der Waals surface area contributed by atoms with Crippen LogP contribution >= 0.6 is 11.6 Å². The molecule has 3 aliphatic heterocycles. The molecular formula is C37H50ClN3O7S. The van der Waals surface area contributed by atoms with Gasteiger partial charge in [-0.1, -0.05) is 43.2 Å². The summed E-state index contributed by atoms with van der Waals surface area (Å²) in [6.07, 6.45) is 8.09. The maximum Gasteiger partial charge on any atom is 0.265 e. The van der Waals surface area contributed by atoms with Crippen LogP contribution in [0.5, 0.6) is 5.75 Å². The van der Waals surface area contributed by atoms with Crippen molar-refractivity contribution in [3.63, 3.8) is 0 Å². The monoisotopic (exact) mass is 715 g/mol. The van der Waals surface area contributed by atoms with E-state index in [1.807, 2.05) is 12.1 Å². The Labute approximate surface area is 296 Å². The molecule has 1 saturated carbocycles. The average molecular weight is 716 g/mol. The molecular weight excluding hydrogens is 666 g/mol. The number of anilines is 1. The molecule has 1 saturated heterocycles. The van der Waals surface area contributed by atoms with Gasteiger partial charge in [0.2, 0.25) is 0 Å². The molecule has 49 heavy (non-hydrogen) atoms. The van der Waals surface area contributed by atoms with Crippen LogP contribution in [0.3, 0.4) is 0 Å². The van der Waals surface area contributed by atoms with Crippen molar-refractivity contribution in [2.45, 2.75) is 75.1 Å². The van der Waals surface area contributed by atoms with E-state index in [9.17, 15) is 13.2 Å². The lowest BCUT2D eigenvalue weighted by Crippen LogP contribution is -2.53. The number of likely N-dealkylation sites (tertiary alicyclic amines) is 1. The summed E-state index contributed by atoms with van der Waals surface area (Å²) in [4.78, 5) is 17.9. The number of halogens is 1. The number of hydrogen-bond donors (Lipinski definition) is 1. The molecule has 6 rings (SSSR count). The summed E-state index contributed by atoms with van der Waals surface area (Å²) >= 11 is 6.44. The number of sulfonamides is 1. The topological polar surface area (TPSA) is 107 Å². The van der Waals surface area contributed by atoms with Gasteiger partial charge in [-0.2, -0.15) is 0 Å². The van der Waals surface area contributed by atoms with Gasteiger partial charge in [-0.05, 0) is 86.4 Å². The van der Waals surface area contributed by atoms with Crippen LogP contribution in [0.1, 0.15) is 57.1 Å². The fourth-order valence-corrected chi connectivity index (χ4v) is 8.62. The summed E-state index contributed by atoms with van der Waals surface area (Å²) in [5, 5.41) is 0.713. The molecule has 2 aromatic rings.